The van der Waals surface area contributed by atoms with Crippen molar-refractivity contribution in [3.8, 4) is 11.5 Å². The van der Waals surface area contributed by atoms with Crippen LogP contribution in [0.3, 0.4) is 0 Å². The molecule has 0 unspecified atom stereocenters. The van der Waals surface area contributed by atoms with Gasteiger partial charge in [0, 0.05) is 30.3 Å². The Bertz CT molecular complexity index is 744. The lowest BCUT2D eigenvalue weighted by Crippen LogP contribution is -2.23. The minimum absolute atomic E-state index is 0.186. The Kier molecular flexibility index (Phi) is 5.78. The third-order valence-electron chi connectivity index (χ3n) is 3.37. The second-order valence-corrected chi connectivity index (χ2v) is 5.10. The molecular weight excluding hydrogens is 308 g/mol. The van der Waals surface area contributed by atoms with Gasteiger partial charge in [-0.15, -0.1) is 0 Å². The van der Waals surface area contributed by atoms with Crippen molar-refractivity contribution in [1.29, 1.82) is 0 Å². The Hall–Kier alpha value is -3.02. The predicted molar refractivity (Wildman–Crippen MR) is 91.5 cm³/mol. The van der Waals surface area contributed by atoms with Gasteiger partial charge in [0.15, 0.2) is 11.5 Å². The number of nitrogens with one attached hydrogen (secondary N) is 2. The first-order valence-corrected chi connectivity index (χ1v) is 7.41. The summed E-state index contributed by atoms with van der Waals surface area (Å²) in [6.07, 6.45) is 0. The Morgan fingerprint density at radius 2 is 1.79 bits per heavy atom. The van der Waals surface area contributed by atoms with E-state index < -0.39 is 0 Å². The summed E-state index contributed by atoms with van der Waals surface area (Å²) in [4.78, 5) is 23.4. The maximum Gasteiger partial charge on any atom is 0.251 e. The standard InChI is InChI=1S/C18H20N2O4/c1-12(21)20-15-8-4-6-13(10-15)18(22)19-11-14-7-5-9-16(23-2)17(14)24-3/h4-10H,11H2,1-3H3,(H,19,22)(H,20,21). The van der Waals surface area contributed by atoms with E-state index in [1.165, 1.54) is 6.92 Å². The molecule has 0 spiro atoms. The van der Waals surface area contributed by atoms with Crippen molar-refractivity contribution >= 4 is 17.5 Å². The number of ether oxygens (including phenoxy) is 2. The van der Waals surface area contributed by atoms with Crippen molar-refractivity contribution in [2.75, 3.05) is 19.5 Å². The molecule has 2 aromatic carbocycles. The molecule has 6 heteroatoms. The first-order valence-electron chi connectivity index (χ1n) is 7.41. The largest absolute Gasteiger partial charge is 0.493 e. The number of amides is 2. The van der Waals surface area contributed by atoms with E-state index >= 15 is 0 Å². The van der Waals surface area contributed by atoms with Crippen LogP contribution >= 0.6 is 0 Å². The topological polar surface area (TPSA) is 76.7 Å². The fourth-order valence-corrected chi connectivity index (χ4v) is 2.31. The summed E-state index contributed by atoms with van der Waals surface area (Å²) < 4.78 is 10.6. The fraction of sp³-hybridized carbons (Fsp3) is 0.222. The Balaban J connectivity index is 2.10. The number of rotatable bonds is 6. The third kappa shape index (κ3) is 4.25. The molecule has 2 amide bonds. The highest BCUT2D eigenvalue weighted by Crippen LogP contribution is 2.30. The lowest BCUT2D eigenvalue weighted by molar-refractivity contribution is -0.114. The Morgan fingerprint density at radius 3 is 2.46 bits per heavy atom. The zero-order valence-corrected chi connectivity index (χ0v) is 13.9. The number of hydrogen-bond donors (Lipinski definition) is 2. The van der Waals surface area contributed by atoms with Gasteiger partial charge in [0.05, 0.1) is 14.2 Å². The van der Waals surface area contributed by atoms with E-state index in [-0.39, 0.29) is 11.8 Å². The van der Waals surface area contributed by atoms with E-state index in [1.54, 1.807) is 44.6 Å². The summed E-state index contributed by atoms with van der Waals surface area (Å²) in [6, 6.07) is 12.2. The number of para-hydroxylation sites is 1. The minimum atomic E-state index is -0.243. The quantitative estimate of drug-likeness (QED) is 0.854. The number of hydrogen-bond acceptors (Lipinski definition) is 4. The number of anilines is 1. The van der Waals surface area contributed by atoms with Gasteiger partial charge in [-0.2, -0.15) is 0 Å². The highest BCUT2D eigenvalue weighted by molar-refractivity contribution is 5.96. The molecule has 0 aliphatic heterocycles. The van der Waals surface area contributed by atoms with Crippen molar-refractivity contribution in [3.05, 3.63) is 53.6 Å². The summed E-state index contributed by atoms with van der Waals surface area (Å²) >= 11 is 0. The van der Waals surface area contributed by atoms with Gasteiger partial charge < -0.3 is 20.1 Å². The van der Waals surface area contributed by atoms with Crippen LogP contribution in [0.5, 0.6) is 11.5 Å². The molecule has 126 valence electrons. The average molecular weight is 328 g/mol. The number of methoxy groups -OCH3 is 2. The lowest BCUT2D eigenvalue weighted by atomic mass is 10.1. The maximum absolute atomic E-state index is 12.3. The molecule has 0 heterocycles. The van der Waals surface area contributed by atoms with Gasteiger partial charge in [-0.05, 0) is 24.3 Å². The summed E-state index contributed by atoms with van der Waals surface area (Å²) in [6.45, 7) is 1.71. The van der Waals surface area contributed by atoms with Crippen molar-refractivity contribution in [2.45, 2.75) is 13.5 Å². The monoisotopic (exact) mass is 328 g/mol. The molecule has 0 aliphatic carbocycles. The van der Waals surface area contributed by atoms with E-state index in [0.29, 0.717) is 29.3 Å². The molecular formula is C18H20N2O4. The molecule has 6 nitrogen and oxygen atoms in total. The van der Waals surface area contributed by atoms with E-state index in [9.17, 15) is 9.59 Å². The van der Waals surface area contributed by atoms with Crippen molar-refractivity contribution in [1.82, 2.24) is 5.32 Å². The van der Waals surface area contributed by atoms with Crippen LogP contribution in [0.15, 0.2) is 42.5 Å². The minimum Gasteiger partial charge on any atom is -0.493 e. The first-order chi connectivity index (χ1) is 11.5. The van der Waals surface area contributed by atoms with Crippen LogP contribution in [0.2, 0.25) is 0 Å². The molecule has 0 bridgehead atoms. The number of benzene rings is 2. The van der Waals surface area contributed by atoms with Gasteiger partial charge in [-0.25, -0.2) is 0 Å². The molecule has 24 heavy (non-hydrogen) atoms. The highest BCUT2D eigenvalue weighted by Gasteiger charge is 2.12. The van der Waals surface area contributed by atoms with Crippen LogP contribution in [0.25, 0.3) is 0 Å². The summed E-state index contributed by atoms with van der Waals surface area (Å²) in [5.41, 5.74) is 1.85. The van der Waals surface area contributed by atoms with Gasteiger partial charge in [-0.1, -0.05) is 18.2 Å². The van der Waals surface area contributed by atoms with Crippen LogP contribution in [-0.4, -0.2) is 26.0 Å². The van der Waals surface area contributed by atoms with Crippen LogP contribution in [0.1, 0.15) is 22.8 Å². The summed E-state index contributed by atoms with van der Waals surface area (Å²) in [5, 5.41) is 5.49. The van der Waals surface area contributed by atoms with Crippen LogP contribution in [0.4, 0.5) is 5.69 Å². The Labute approximate surface area is 140 Å². The van der Waals surface area contributed by atoms with Gasteiger partial charge in [0.1, 0.15) is 0 Å². The van der Waals surface area contributed by atoms with Crippen molar-refractivity contribution in [2.24, 2.45) is 0 Å². The fourth-order valence-electron chi connectivity index (χ4n) is 2.31. The van der Waals surface area contributed by atoms with E-state index in [1.807, 2.05) is 12.1 Å². The van der Waals surface area contributed by atoms with Crippen LogP contribution in [-0.2, 0) is 11.3 Å². The predicted octanol–water partition coefficient (Wildman–Crippen LogP) is 2.59. The van der Waals surface area contributed by atoms with Gasteiger partial charge in [0.25, 0.3) is 5.91 Å². The third-order valence-corrected chi connectivity index (χ3v) is 3.37. The van der Waals surface area contributed by atoms with Crippen molar-refractivity contribution in [3.63, 3.8) is 0 Å². The maximum atomic E-state index is 12.3. The molecule has 0 atom stereocenters. The second-order valence-electron chi connectivity index (χ2n) is 5.10. The van der Waals surface area contributed by atoms with E-state index in [4.69, 9.17) is 9.47 Å². The molecule has 0 aliphatic rings. The van der Waals surface area contributed by atoms with E-state index in [0.717, 1.165) is 5.56 Å². The smallest absolute Gasteiger partial charge is 0.251 e. The molecule has 2 aromatic rings. The van der Waals surface area contributed by atoms with Gasteiger partial charge in [0.2, 0.25) is 5.91 Å². The molecule has 0 radical (unpaired) electrons. The van der Waals surface area contributed by atoms with Gasteiger partial charge in [-0.3, -0.25) is 9.59 Å². The zero-order chi connectivity index (χ0) is 17.5. The molecule has 2 N–H and O–H groups in total. The lowest BCUT2D eigenvalue weighted by Gasteiger charge is -2.13. The van der Waals surface area contributed by atoms with Crippen LogP contribution in [0, 0.1) is 0 Å². The van der Waals surface area contributed by atoms with Gasteiger partial charge >= 0.3 is 0 Å². The highest BCUT2D eigenvalue weighted by atomic mass is 16.5. The number of carbonyl (C=O) groups is 2. The molecule has 0 saturated carbocycles. The first kappa shape index (κ1) is 17.3. The van der Waals surface area contributed by atoms with E-state index in [2.05, 4.69) is 10.6 Å². The van der Waals surface area contributed by atoms with Crippen LogP contribution < -0.4 is 20.1 Å². The Morgan fingerprint density at radius 1 is 1.04 bits per heavy atom. The molecule has 2 rings (SSSR count). The average Bonchev–Trinajstić information content (AvgIpc) is 2.58. The SMILES string of the molecule is COc1cccc(CNC(=O)c2cccc(NC(C)=O)c2)c1OC. The van der Waals surface area contributed by atoms with Crippen molar-refractivity contribution < 1.29 is 19.1 Å². The summed E-state index contributed by atoms with van der Waals surface area (Å²) in [7, 11) is 3.12. The molecule has 0 saturated heterocycles. The molecule has 0 fully saturated rings. The summed E-state index contributed by atoms with van der Waals surface area (Å²) in [5.74, 6) is 0.768. The normalized spacial score (nSPS) is 9.96. The zero-order valence-electron chi connectivity index (χ0n) is 13.9. The number of carbonyl (C=O) groups excluding carboxylic acids is 2. The second kappa shape index (κ2) is 8.01. The molecule has 0 aromatic heterocycles.